The molecule has 1 aromatic carbocycles. The third-order valence-electron chi connectivity index (χ3n) is 4.02. The highest BCUT2D eigenvalue weighted by atomic mass is 16.5. The minimum absolute atomic E-state index is 0.0213. The molecule has 1 aliphatic carbocycles. The number of benzene rings is 1. The van der Waals surface area contributed by atoms with Gasteiger partial charge in [0.25, 0.3) is 0 Å². The number of ether oxygens (including phenoxy) is 1. The van der Waals surface area contributed by atoms with Crippen LogP contribution in [0.25, 0.3) is 0 Å². The molecule has 0 saturated heterocycles. The number of hydrogen-bond donors (Lipinski definition) is 1. The predicted octanol–water partition coefficient (Wildman–Crippen LogP) is 2.74. The molecule has 2 aromatic rings. The Morgan fingerprint density at radius 2 is 2.11 bits per heavy atom. The van der Waals surface area contributed by atoms with Crippen LogP contribution < -0.4 is 10.5 Å². The molecule has 1 saturated carbocycles. The van der Waals surface area contributed by atoms with E-state index in [0.717, 1.165) is 23.4 Å². The Labute approximate surface area is 112 Å². The van der Waals surface area contributed by atoms with Gasteiger partial charge in [0.1, 0.15) is 11.9 Å². The van der Waals surface area contributed by atoms with Crippen LogP contribution in [-0.4, -0.2) is 9.55 Å². The van der Waals surface area contributed by atoms with Crippen molar-refractivity contribution in [3.8, 4) is 5.75 Å². The van der Waals surface area contributed by atoms with Gasteiger partial charge in [0.2, 0.25) is 0 Å². The zero-order valence-corrected chi connectivity index (χ0v) is 10.7. The van der Waals surface area contributed by atoms with Gasteiger partial charge in [0.15, 0.2) is 0 Å². The number of aromatic nitrogens is 2. The van der Waals surface area contributed by atoms with E-state index in [-0.39, 0.29) is 12.1 Å². The molecule has 4 rings (SSSR count). The maximum Gasteiger partial charge on any atom is 0.142 e. The maximum atomic E-state index is 6.27. The van der Waals surface area contributed by atoms with Crippen LogP contribution in [0.2, 0.25) is 0 Å². The SMILES string of the molecule is N[C@H]1CC(c2cncn2C2CC2)Oc2ccccc21. The minimum Gasteiger partial charge on any atom is -0.484 e. The zero-order valence-electron chi connectivity index (χ0n) is 10.7. The fourth-order valence-electron chi connectivity index (χ4n) is 2.86. The molecule has 1 aromatic heterocycles. The zero-order chi connectivity index (χ0) is 12.8. The molecule has 19 heavy (non-hydrogen) atoms. The summed E-state index contributed by atoms with van der Waals surface area (Å²) in [5.41, 5.74) is 8.54. The second-order valence-electron chi connectivity index (χ2n) is 5.44. The average molecular weight is 255 g/mol. The van der Waals surface area contributed by atoms with Crippen LogP contribution in [0.4, 0.5) is 0 Å². The van der Waals surface area contributed by atoms with Gasteiger partial charge in [-0.3, -0.25) is 0 Å². The van der Waals surface area contributed by atoms with E-state index in [9.17, 15) is 0 Å². The second-order valence-corrected chi connectivity index (χ2v) is 5.44. The fourth-order valence-corrected chi connectivity index (χ4v) is 2.86. The molecule has 0 spiro atoms. The number of fused-ring (bicyclic) bond motifs is 1. The van der Waals surface area contributed by atoms with E-state index in [1.54, 1.807) is 0 Å². The lowest BCUT2D eigenvalue weighted by molar-refractivity contribution is 0.153. The summed E-state index contributed by atoms with van der Waals surface area (Å²) in [5, 5.41) is 0. The summed E-state index contributed by atoms with van der Waals surface area (Å²) in [5.74, 6) is 0.912. The first-order valence-electron chi connectivity index (χ1n) is 6.86. The van der Waals surface area contributed by atoms with Crippen LogP contribution >= 0.6 is 0 Å². The molecule has 98 valence electrons. The van der Waals surface area contributed by atoms with Crippen LogP contribution in [0, 0.1) is 0 Å². The van der Waals surface area contributed by atoms with E-state index in [4.69, 9.17) is 10.5 Å². The molecule has 4 heteroatoms. The van der Waals surface area contributed by atoms with Crippen molar-refractivity contribution in [2.24, 2.45) is 5.73 Å². The third-order valence-corrected chi connectivity index (χ3v) is 4.02. The van der Waals surface area contributed by atoms with Crippen LogP contribution in [-0.2, 0) is 0 Å². The Morgan fingerprint density at radius 3 is 2.95 bits per heavy atom. The Bertz CT molecular complexity index is 603. The first kappa shape index (κ1) is 11.1. The first-order chi connectivity index (χ1) is 9.33. The Kier molecular flexibility index (Phi) is 2.38. The van der Waals surface area contributed by atoms with Crippen LogP contribution in [0.3, 0.4) is 0 Å². The van der Waals surface area contributed by atoms with E-state index in [1.807, 2.05) is 30.7 Å². The molecule has 4 nitrogen and oxygen atoms in total. The fraction of sp³-hybridized carbons (Fsp3) is 0.400. The van der Waals surface area contributed by atoms with Gasteiger partial charge in [-0.05, 0) is 18.9 Å². The molecule has 2 N–H and O–H groups in total. The van der Waals surface area contributed by atoms with E-state index in [1.165, 1.54) is 12.8 Å². The van der Waals surface area contributed by atoms with E-state index < -0.39 is 0 Å². The van der Waals surface area contributed by atoms with Gasteiger partial charge in [0, 0.05) is 24.1 Å². The summed E-state index contributed by atoms with van der Waals surface area (Å²) < 4.78 is 8.38. The normalized spacial score (nSPS) is 25.7. The van der Waals surface area contributed by atoms with E-state index in [2.05, 4.69) is 15.6 Å². The van der Waals surface area contributed by atoms with E-state index in [0.29, 0.717) is 6.04 Å². The number of rotatable bonds is 2. The Hall–Kier alpha value is -1.81. The van der Waals surface area contributed by atoms with Gasteiger partial charge in [-0.2, -0.15) is 0 Å². The topological polar surface area (TPSA) is 53.1 Å². The number of nitrogens with two attached hydrogens (primary N) is 1. The predicted molar refractivity (Wildman–Crippen MR) is 71.9 cm³/mol. The van der Waals surface area contributed by atoms with Gasteiger partial charge in [-0.25, -0.2) is 4.98 Å². The highest BCUT2D eigenvalue weighted by Gasteiger charge is 2.32. The molecular weight excluding hydrogens is 238 g/mol. The largest absolute Gasteiger partial charge is 0.484 e. The Morgan fingerprint density at radius 1 is 1.26 bits per heavy atom. The highest BCUT2D eigenvalue weighted by molar-refractivity contribution is 5.38. The molecule has 0 bridgehead atoms. The van der Waals surface area contributed by atoms with Gasteiger partial charge < -0.3 is 15.0 Å². The van der Waals surface area contributed by atoms with Crippen molar-refractivity contribution in [2.75, 3.05) is 0 Å². The highest BCUT2D eigenvalue weighted by Crippen LogP contribution is 2.42. The quantitative estimate of drug-likeness (QED) is 0.897. The lowest BCUT2D eigenvalue weighted by Crippen LogP contribution is -2.25. The van der Waals surface area contributed by atoms with Crippen molar-refractivity contribution < 1.29 is 4.74 Å². The molecule has 2 heterocycles. The van der Waals surface area contributed by atoms with Crippen molar-refractivity contribution in [3.63, 3.8) is 0 Å². The van der Waals surface area contributed by atoms with Crippen LogP contribution in [0.15, 0.2) is 36.8 Å². The number of nitrogens with zero attached hydrogens (tertiary/aromatic N) is 2. The first-order valence-corrected chi connectivity index (χ1v) is 6.86. The van der Waals surface area contributed by atoms with Crippen molar-refractivity contribution >= 4 is 0 Å². The average Bonchev–Trinajstić information content (AvgIpc) is 3.16. The molecule has 2 aliphatic rings. The Balaban J connectivity index is 1.69. The summed E-state index contributed by atoms with van der Waals surface area (Å²) in [6.45, 7) is 0. The molecular formula is C15H17N3O. The summed E-state index contributed by atoms with van der Waals surface area (Å²) in [6.07, 6.45) is 7.17. The minimum atomic E-state index is 0.0213. The van der Waals surface area contributed by atoms with Gasteiger partial charge in [-0.1, -0.05) is 18.2 Å². The standard InChI is InChI=1S/C15H17N3O/c16-12-7-15(19-14-4-2-1-3-11(12)14)13-8-17-9-18(13)10-5-6-10/h1-4,8-10,12,15H,5-7,16H2/t12-,15?/m0/s1. The van der Waals surface area contributed by atoms with Gasteiger partial charge >= 0.3 is 0 Å². The number of para-hydroxylation sites is 1. The molecule has 2 atom stereocenters. The van der Waals surface area contributed by atoms with Crippen molar-refractivity contribution in [1.82, 2.24) is 9.55 Å². The van der Waals surface area contributed by atoms with Crippen LogP contribution in [0.1, 0.15) is 48.7 Å². The summed E-state index contributed by atoms with van der Waals surface area (Å²) in [7, 11) is 0. The van der Waals surface area contributed by atoms with Crippen molar-refractivity contribution in [2.45, 2.75) is 37.5 Å². The number of hydrogen-bond acceptors (Lipinski definition) is 3. The number of imidazole rings is 1. The molecule has 1 unspecified atom stereocenters. The maximum absolute atomic E-state index is 6.27. The monoisotopic (exact) mass is 255 g/mol. The molecule has 1 aliphatic heterocycles. The van der Waals surface area contributed by atoms with Gasteiger partial charge in [-0.15, -0.1) is 0 Å². The van der Waals surface area contributed by atoms with Crippen LogP contribution in [0.5, 0.6) is 5.75 Å². The molecule has 1 fully saturated rings. The van der Waals surface area contributed by atoms with Crippen molar-refractivity contribution in [1.29, 1.82) is 0 Å². The third kappa shape index (κ3) is 1.83. The second kappa shape index (κ2) is 4.10. The van der Waals surface area contributed by atoms with Crippen molar-refractivity contribution in [3.05, 3.63) is 48.0 Å². The van der Waals surface area contributed by atoms with Gasteiger partial charge in [0.05, 0.1) is 18.2 Å². The molecule has 0 amide bonds. The van der Waals surface area contributed by atoms with E-state index >= 15 is 0 Å². The molecule has 0 radical (unpaired) electrons. The lowest BCUT2D eigenvalue weighted by atomic mass is 9.96. The summed E-state index contributed by atoms with van der Waals surface area (Å²) in [4.78, 5) is 4.28. The summed E-state index contributed by atoms with van der Waals surface area (Å²) >= 11 is 0. The lowest BCUT2D eigenvalue weighted by Gasteiger charge is -2.30. The summed E-state index contributed by atoms with van der Waals surface area (Å²) in [6, 6.07) is 8.71. The smallest absolute Gasteiger partial charge is 0.142 e.